The Kier molecular flexibility index (Phi) is 4.66. The number of nitrogens with one attached hydrogen (secondary N) is 1. The second-order valence-electron chi connectivity index (χ2n) is 6.19. The van der Waals surface area contributed by atoms with E-state index in [-0.39, 0.29) is 11.3 Å². The van der Waals surface area contributed by atoms with E-state index in [0.29, 0.717) is 27.8 Å². The summed E-state index contributed by atoms with van der Waals surface area (Å²) in [5, 5.41) is 11.9. The molecule has 1 fully saturated rings. The summed E-state index contributed by atoms with van der Waals surface area (Å²) in [6.45, 7) is 0. The summed E-state index contributed by atoms with van der Waals surface area (Å²) < 4.78 is 5.71. The van der Waals surface area contributed by atoms with Gasteiger partial charge in [0.1, 0.15) is 17.2 Å². The van der Waals surface area contributed by atoms with Crippen molar-refractivity contribution in [3.8, 4) is 11.3 Å². The van der Waals surface area contributed by atoms with E-state index in [2.05, 4.69) is 5.32 Å². The average molecular weight is 409 g/mol. The zero-order valence-corrected chi connectivity index (χ0v) is 15.5. The monoisotopic (exact) mass is 408 g/mol. The van der Waals surface area contributed by atoms with Gasteiger partial charge in [-0.3, -0.25) is 4.79 Å². The summed E-state index contributed by atoms with van der Waals surface area (Å²) in [6.07, 6.45) is 1.43. The first-order valence-corrected chi connectivity index (χ1v) is 8.86. The lowest BCUT2D eigenvalue weighted by Crippen LogP contribution is -2.30. The van der Waals surface area contributed by atoms with E-state index in [1.165, 1.54) is 24.3 Å². The predicted octanol–water partition coefficient (Wildman–Crippen LogP) is 4.40. The first-order valence-electron chi connectivity index (χ1n) is 8.48. The number of nitrogens with zero attached hydrogens (tertiary/aromatic N) is 1. The molecule has 2 aromatic carbocycles. The Hall–Kier alpha value is -3.84. The van der Waals surface area contributed by atoms with Crippen LogP contribution in [-0.2, 0) is 4.79 Å². The Bertz CT molecular complexity index is 1160. The molecule has 0 atom stereocenters. The van der Waals surface area contributed by atoms with Gasteiger partial charge in [-0.2, -0.15) is 0 Å². The van der Waals surface area contributed by atoms with Crippen LogP contribution in [0.15, 0.2) is 70.8 Å². The summed E-state index contributed by atoms with van der Waals surface area (Å²) in [5.41, 5.74) is 1.28. The Morgan fingerprint density at radius 3 is 2.52 bits per heavy atom. The molecule has 0 bridgehead atoms. The number of anilines is 1. The summed E-state index contributed by atoms with van der Waals surface area (Å²) in [7, 11) is 0. The van der Waals surface area contributed by atoms with Gasteiger partial charge in [0.2, 0.25) is 0 Å². The van der Waals surface area contributed by atoms with Gasteiger partial charge in [0.25, 0.3) is 5.91 Å². The average Bonchev–Trinajstić information content (AvgIpc) is 3.26. The molecule has 144 valence electrons. The maximum Gasteiger partial charge on any atom is 0.335 e. The van der Waals surface area contributed by atoms with Gasteiger partial charge in [-0.05, 0) is 42.5 Å². The molecular formula is C21H13ClN2O5. The highest BCUT2D eigenvalue weighted by Crippen LogP contribution is 2.27. The zero-order chi connectivity index (χ0) is 20.5. The molecule has 1 aliphatic rings. The molecular weight excluding hydrogens is 396 g/mol. The standard InChI is InChI=1S/C21H13ClN2O5/c22-14-2-1-3-15(10-14)24-19(25)17(23-21(24)28)11-16-8-9-18(29-16)12-4-6-13(7-5-12)20(26)27/h1-11H,(H,23,28)(H,26,27). The smallest absolute Gasteiger partial charge is 0.335 e. The first kappa shape index (κ1) is 18.5. The number of amides is 3. The number of urea groups is 1. The van der Waals surface area contributed by atoms with Gasteiger partial charge >= 0.3 is 12.0 Å². The molecule has 1 aromatic heterocycles. The summed E-state index contributed by atoms with van der Waals surface area (Å²) in [4.78, 5) is 36.8. The molecule has 2 heterocycles. The minimum Gasteiger partial charge on any atom is -0.478 e. The van der Waals surface area contributed by atoms with Crippen molar-refractivity contribution >= 4 is 41.3 Å². The summed E-state index contributed by atoms with van der Waals surface area (Å²) >= 11 is 5.94. The van der Waals surface area contributed by atoms with Crippen LogP contribution in [0.25, 0.3) is 17.4 Å². The van der Waals surface area contributed by atoms with Crippen LogP contribution in [0.1, 0.15) is 16.1 Å². The molecule has 0 spiro atoms. The van der Waals surface area contributed by atoms with E-state index in [1.54, 1.807) is 42.5 Å². The minimum absolute atomic E-state index is 0.0668. The van der Waals surface area contributed by atoms with Gasteiger partial charge in [0.15, 0.2) is 0 Å². The van der Waals surface area contributed by atoms with Crippen LogP contribution < -0.4 is 10.2 Å². The zero-order valence-electron chi connectivity index (χ0n) is 14.8. The molecule has 8 heteroatoms. The number of aromatic carboxylic acids is 1. The third-order valence-corrected chi connectivity index (χ3v) is 4.51. The van der Waals surface area contributed by atoms with Crippen molar-refractivity contribution in [2.75, 3.05) is 4.90 Å². The third kappa shape index (κ3) is 3.63. The highest BCUT2D eigenvalue weighted by molar-refractivity contribution is 6.32. The van der Waals surface area contributed by atoms with Gasteiger partial charge in [-0.25, -0.2) is 14.5 Å². The van der Waals surface area contributed by atoms with Crippen LogP contribution in [-0.4, -0.2) is 23.0 Å². The molecule has 0 radical (unpaired) electrons. The number of benzene rings is 2. The molecule has 29 heavy (non-hydrogen) atoms. The molecule has 0 unspecified atom stereocenters. The Balaban J connectivity index is 1.58. The SMILES string of the molecule is O=C(O)c1ccc(-c2ccc(C=C3NC(=O)N(c4cccc(Cl)c4)C3=O)o2)cc1. The van der Waals surface area contributed by atoms with Crippen molar-refractivity contribution in [2.24, 2.45) is 0 Å². The molecule has 0 aliphatic carbocycles. The highest BCUT2D eigenvalue weighted by Gasteiger charge is 2.35. The number of furan rings is 1. The molecule has 2 N–H and O–H groups in total. The van der Waals surface area contributed by atoms with Gasteiger partial charge in [-0.15, -0.1) is 0 Å². The van der Waals surface area contributed by atoms with E-state index in [1.807, 2.05) is 0 Å². The summed E-state index contributed by atoms with van der Waals surface area (Å²) in [6, 6.07) is 15.4. The molecule has 1 aliphatic heterocycles. The van der Waals surface area contributed by atoms with Crippen molar-refractivity contribution in [1.82, 2.24) is 5.32 Å². The van der Waals surface area contributed by atoms with Crippen LogP contribution >= 0.6 is 11.6 Å². The van der Waals surface area contributed by atoms with Crippen LogP contribution in [0.5, 0.6) is 0 Å². The normalized spacial score (nSPS) is 15.1. The lowest BCUT2D eigenvalue weighted by molar-refractivity contribution is -0.113. The van der Waals surface area contributed by atoms with E-state index in [4.69, 9.17) is 21.1 Å². The first-order chi connectivity index (χ1) is 13.9. The highest BCUT2D eigenvalue weighted by atomic mass is 35.5. The second kappa shape index (κ2) is 7.29. The molecule has 4 rings (SSSR count). The summed E-state index contributed by atoms with van der Waals surface area (Å²) in [5.74, 6) is -0.682. The topological polar surface area (TPSA) is 99.9 Å². The van der Waals surface area contributed by atoms with Crippen molar-refractivity contribution in [3.05, 3.63) is 82.7 Å². The number of rotatable bonds is 4. The third-order valence-electron chi connectivity index (χ3n) is 4.27. The van der Waals surface area contributed by atoms with E-state index in [9.17, 15) is 14.4 Å². The van der Waals surface area contributed by atoms with Gasteiger partial charge in [0, 0.05) is 16.7 Å². The lowest BCUT2D eigenvalue weighted by atomic mass is 10.1. The van der Waals surface area contributed by atoms with Crippen LogP contribution in [0.3, 0.4) is 0 Å². The number of carbonyl (C=O) groups excluding carboxylic acids is 2. The Labute approximate surface area is 169 Å². The van der Waals surface area contributed by atoms with E-state index >= 15 is 0 Å². The number of carboxylic acids is 1. The second-order valence-corrected chi connectivity index (χ2v) is 6.63. The van der Waals surface area contributed by atoms with Gasteiger partial charge in [-0.1, -0.05) is 29.8 Å². The van der Waals surface area contributed by atoms with E-state index in [0.717, 1.165) is 4.90 Å². The van der Waals surface area contributed by atoms with Crippen molar-refractivity contribution in [2.45, 2.75) is 0 Å². The van der Waals surface area contributed by atoms with Crippen LogP contribution in [0, 0.1) is 0 Å². The van der Waals surface area contributed by atoms with Gasteiger partial charge < -0.3 is 14.8 Å². The number of carbonyl (C=O) groups is 3. The maximum atomic E-state index is 12.6. The van der Waals surface area contributed by atoms with Crippen LogP contribution in [0.4, 0.5) is 10.5 Å². The molecule has 1 saturated heterocycles. The van der Waals surface area contributed by atoms with Crippen LogP contribution in [0.2, 0.25) is 5.02 Å². The molecule has 7 nitrogen and oxygen atoms in total. The number of imide groups is 1. The largest absolute Gasteiger partial charge is 0.478 e. The fourth-order valence-electron chi connectivity index (χ4n) is 2.89. The molecule has 3 amide bonds. The predicted molar refractivity (Wildman–Crippen MR) is 107 cm³/mol. The Morgan fingerprint density at radius 1 is 1.07 bits per heavy atom. The van der Waals surface area contributed by atoms with Crippen molar-refractivity contribution in [3.63, 3.8) is 0 Å². The minimum atomic E-state index is -1.01. The Morgan fingerprint density at radius 2 is 1.83 bits per heavy atom. The van der Waals surface area contributed by atoms with E-state index < -0.39 is 17.9 Å². The quantitative estimate of drug-likeness (QED) is 0.492. The maximum absolute atomic E-state index is 12.6. The number of carboxylic acid groups (broad SMARTS) is 1. The lowest BCUT2D eigenvalue weighted by Gasteiger charge is -2.11. The fourth-order valence-corrected chi connectivity index (χ4v) is 3.07. The molecule has 0 saturated carbocycles. The van der Waals surface area contributed by atoms with Crippen molar-refractivity contribution < 1.29 is 23.9 Å². The number of hydrogen-bond donors (Lipinski definition) is 2. The number of hydrogen-bond acceptors (Lipinski definition) is 4. The van der Waals surface area contributed by atoms with Gasteiger partial charge in [0.05, 0.1) is 11.3 Å². The number of halogens is 1. The molecule has 3 aromatic rings. The fraction of sp³-hybridized carbons (Fsp3) is 0. The van der Waals surface area contributed by atoms with Crippen molar-refractivity contribution in [1.29, 1.82) is 0 Å².